The third-order valence-corrected chi connectivity index (χ3v) is 4.38. The fourth-order valence-corrected chi connectivity index (χ4v) is 2.71. The van der Waals surface area contributed by atoms with Gasteiger partial charge in [-0.05, 0) is 25.0 Å². The molecule has 1 saturated carbocycles. The second-order valence-electron chi connectivity index (χ2n) is 6.44. The van der Waals surface area contributed by atoms with Crippen molar-refractivity contribution in [1.29, 1.82) is 0 Å². The van der Waals surface area contributed by atoms with Crippen molar-refractivity contribution in [2.45, 2.75) is 18.9 Å². The summed E-state index contributed by atoms with van der Waals surface area (Å²) in [6.07, 6.45) is 2.08. The first-order valence-corrected chi connectivity index (χ1v) is 8.75. The topological polar surface area (TPSA) is 58.1 Å². The molecule has 0 unspecified atom stereocenters. The van der Waals surface area contributed by atoms with E-state index >= 15 is 0 Å². The molecule has 1 amide bonds. The molecule has 1 aliphatic carbocycles. The van der Waals surface area contributed by atoms with Crippen LogP contribution in [0.1, 0.15) is 23.3 Å². The monoisotopic (exact) mass is 344 g/mol. The number of nitrogens with zero attached hydrogens (tertiary/aromatic N) is 3. The number of hydrogen-bond donors (Lipinski definition) is 1. The first-order chi connectivity index (χ1) is 12.7. The van der Waals surface area contributed by atoms with E-state index in [0.717, 1.165) is 24.1 Å². The predicted octanol–water partition coefficient (Wildman–Crippen LogP) is 3.80. The molecule has 5 nitrogen and oxygen atoms in total. The largest absolute Gasteiger partial charge is 0.348 e. The number of nitrogens with one attached hydrogen (secondary N) is 1. The lowest BCUT2D eigenvalue weighted by atomic mass is 10.2. The van der Waals surface area contributed by atoms with Gasteiger partial charge in [-0.15, -0.1) is 0 Å². The molecule has 1 heterocycles. The number of rotatable bonds is 5. The van der Waals surface area contributed by atoms with Crippen molar-refractivity contribution in [3.8, 4) is 11.4 Å². The zero-order valence-electron chi connectivity index (χ0n) is 14.6. The fourth-order valence-electron chi connectivity index (χ4n) is 2.71. The minimum atomic E-state index is -0.144. The molecular weight excluding hydrogens is 324 g/mol. The van der Waals surface area contributed by atoms with Gasteiger partial charge in [-0.3, -0.25) is 4.79 Å². The van der Waals surface area contributed by atoms with Crippen molar-refractivity contribution in [3.63, 3.8) is 0 Å². The summed E-state index contributed by atoms with van der Waals surface area (Å²) in [4.78, 5) is 23.7. The van der Waals surface area contributed by atoms with Gasteiger partial charge in [-0.2, -0.15) is 0 Å². The second kappa shape index (κ2) is 6.96. The SMILES string of the molecule is CN(c1ccccc1)c1cc(C(=O)NC2CC2)nc(-c2ccccc2)n1. The van der Waals surface area contributed by atoms with Gasteiger partial charge in [0.15, 0.2) is 5.82 Å². The third-order valence-electron chi connectivity index (χ3n) is 4.38. The molecule has 26 heavy (non-hydrogen) atoms. The number of hydrogen-bond acceptors (Lipinski definition) is 4. The molecule has 1 fully saturated rings. The van der Waals surface area contributed by atoms with E-state index in [1.165, 1.54) is 0 Å². The van der Waals surface area contributed by atoms with Crippen molar-refractivity contribution < 1.29 is 4.79 Å². The molecule has 5 heteroatoms. The standard InChI is InChI=1S/C21H20N4O/c1-25(17-10-6-3-7-11-17)19-14-18(21(26)22-16-12-13-16)23-20(24-19)15-8-4-2-5-9-15/h2-11,14,16H,12-13H2,1H3,(H,22,26). The molecule has 2 aromatic carbocycles. The van der Waals surface area contributed by atoms with Crippen LogP contribution in [-0.4, -0.2) is 29.0 Å². The molecule has 0 spiro atoms. The van der Waals surface area contributed by atoms with Crippen LogP contribution in [0.15, 0.2) is 66.7 Å². The molecule has 1 N–H and O–H groups in total. The van der Waals surface area contributed by atoms with Crippen LogP contribution < -0.4 is 10.2 Å². The van der Waals surface area contributed by atoms with Gasteiger partial charge in [0.05, 0.1) is 0 Å². The molecule has 0 aliphatic heterocycles. The van der Waals surface area contributed by atoms with Gasteiger partial charge in [-0.25, -0.2) is 9.97 Å². The van der Waals surface area contributed by atoms with Gasteiger partial charge in [0.25, 0.3) is 5.91 Å². The lowest BCUT2D eigenvalue weighted by Gasteiger charge is -2.19. The minimum Gasteiger partial charge on any atom is -0.348 e. The van der Waals surface area contributed by atoms with Crippen LogP contribution in [0.2, 0.25) is 0 Å². The zero-order valence-corrected chi connectivity index (χ0v) is 14.6. The Kier molecular flexibility index (Phi) is 4.35. The fraction of sp³-hybridized carbons (Fsp3) is 0.190. The summed E-state index contributed by atoms with van der Waals surface area (Å²) in [6, 6.07) is 21.7. The molecule has 1 aromatic heterocycles. The van der Waals surface area contributed by atoms with Crippen molar-refractivity contribution in [1.82, 2.24) is 15.3 Å². The predicted molar refractivity (Wildman–Crippen MR) is 102 cm³/mol. The summed E-state index contributed by atoms with van der Waals surface area (Å²) in [5, 5.41) is 3.01. The summed E-state index contributed by atoms with van der Waals surface area (Å²) < 4.78 is 0. The van der Waals surface area contributed by atoms with Crippen molar-refractivity contribution >= 4 is 17.4 Å². The van der Waals surface area contributed by atoms with E-state index < -0.39 is 0 Å². The van der Waals surface area contributed by atoms with E-state index in [1.807, 2.05) is 72.6 Å². The van der Waals surface area contributed by atoms with Crippen LogP contribution in [0.25, 0.3) is 11.4 Å². The van der Waals surface area contributed by atoms with Crippen LogP contribution in [0.5, 0.6) is 0 Å². The highest BCUT2D eigenvalue weighted by molar-refractivity contribution is 5.94. The molecular formula is C21H20N4O. The average molecular weight is 344 g/mol. The maximum Gasteiger partial charge on any atom is 0.270 e. The van der Waals surface area contributed by atoms with Gasteiger partial charge >= 0.3 is 0 Å². The minimum absolute atomic E-state index is 0.144. The lowest BCUT2D eigenvalue weighted by molar-refractivity contribution is 0.0946. The smallest absolute Gasteiger partial charge is 0.270 e. The lowest BCUT2D eigenvalue weighted by Crippen LogP contribution is -2.27. The van der Waals surface area contributed by atoms with Crippen LogP contribution in [0.4, 0.5) is 11.5 Å². The van der Waals surface area contributed by atoms with Gasteiger partial charge < -0.3 is 10.2 Å². The number of carbonyl (C=O) groups is 1. The number of carbonyl (C=O) groups excluding carboxylic acids is 1. The third kappa shape index (κ3) is 3.57. The van der Waals surface area contributed by atoms with Gasteiger partial charge in [-0.1, -0.05) is 48.5 Å². The molecule has 1 aliphatic rings. The van der Waals surface area contributed by atoms with E-state index in [0.29, 0.717) is 17.3 Å². The van der Waals surface area contributed by atoms with Crippen molar-refractivity contribution in [2.75, 3.05) is 11.9 Å². The highest BCUT2D eigenvalue weighted by atomic mass is 16.2. The van der Waals surface area contributed by atoms with E-state index in [4.69, 9.17) is 4.98 Å². The summed E-state index contributed by atoms with van der Waals surface area (Å²) in [5.41, 5.74) is 2.28. The number of benzene rings is 2. The Bertz CT molecular complexity index is 908. The summed E-state index contributed by atoms with van der Waals surface area (Å²) >= 11 is 0. The highest BCUT2D eigenvalue weighted by Gasteiger charge is 2.25. The van der Waals surface area contributed by atoms with Gasteiger partial charge in [0, 0.05) is 30.4 Å². The quantitative estimate of drug-likeness (QED) is 0.765. The van der Waals surface area contributed by atoms with E-state index in [-0.39, 0.29) is 11.9 Å². The van der Waals surface area contributed by atoms with Gasteiger partial charge in [0.2, 0.25) is 0 Å². The molecule has 0 bridgehead atoms. The van der Waals surface area contributed by atoms with E-state index in [9.17, 15) is 4.79 Å². The Balaban J connectivity index is 1.75. The number of aromatic nitrogens is 2. The number of anilines is 2. The second-order valence-corrected chi connectivity index (χ2v) is 6.44. The molecule has 0 saturated heterocycles. The number of amides is 1. The van der Waals surface area contributed by atoms with E-state index in [1.54, 1.807) is 6.07 Å². The number of para-hydroxylation sites is 1. The van der Waals surface area contributed by atoms with Crippen molar-refractivity contribution in [2.24, 2.45) is 0 Å². The summed E-state index contributed by atoms with van der Waals surface area (Å²) in [5.74, 6) is 1.09. The first kappa shape index (κ1) is 16.3. The van der Waals surface area contributed by atoms with Crippen LogP contribution in [-0.2, 0) is 0 Å². The summed E-state index contributed by atoms with van der Waals surface area (Å²) in [6.45, 7) is 0. The van der Waals surface area contributed by atoms with Crippen LogP contribution in [0.3, 0.4) is 0 Å². The Morgan fingerprint density at radius 1 is 1.00 bits per heavy atom. The molecule has 4 rings (SSSR count). The van der Waals surface area contributed by atoms with E-state index in [2.05, 4.69) is 10.3 Å². The Hall–Kier alpha value is -3.21. The van der Waals surface area contributed by atoms with Gasteiger partial charge in [0.1, 0.15) is 11.5 Å². The normalized spacial score (nSPS) is 13.3. The highest BCUT2D eigenvalue weighted by Crippen LogP contribution is 2.26. The summed E-state index contributed by atoms with van der Waals surface area (Å²) in [7, 11) is 1.94. The van der Waals surface area contributed by atoms with Crippen LogP contribution in [0, 0.1) is 0 Å². The average Bonchev–Trinajstić information content (AvgIpc) is 3.52. The Morgan fingerprint density at radius 3 is 2.31 bits per heavy atom. The molecule has 130 valence electrons. The molecule has 0 radical (unpaired) electrons. The zero-order chi connectivity index (χ0) is 17.9. The Morgan fingerprint density at radius 2 is 1.65 bits per heavy atom. The van der Waals surface area contributed by atoms with Crippen molar-refractivity contribution in [3.05, 3.63) is 72.4 Å². The maximum atomic E-state index is 12.6. The maximum absolute atomic E-state index is 12.6. The molecule has 3 aromatic rings. The van der Waals surface area contributed by atoms with Crippen LogP contribution >= 0.6 is 0 Å². The molecule has 0 atom stereocenters. The Labute approximate surface area is 152 Å². The first-order valence-electron chi connectivity index (χ1n) is 8.75.